The van der Waals surface area contributed by atoms with Gasteiger partial charge in [0.2, 0.25) is 0 Å². The van der Waals surface area contributed by atoms with Gasteiger partial charge in [-0.15, -0.1) is 47.0 Å². The fraction of sp³-hybridized carbons (Fsp3) is 0.375. The molecule has 0 aliphatic carbocycles. The van der Waals surface area contributed by atoms with E-state index in [1.807, 2.05) is 50.4 Å². The largest absolute Gasteiger partial charge is 1.00 e. The Bertz CT molecular complexity index is 2330. The second-order valence-electron chi connectivity index (χ2n) is 14.6. The number of carbonyl (C=O) groups is 2. The predicted octanol–water partition coefficient (Wildman–Crippen LogP) is 13.0. The number of benzene rings is 4. The number of aliphatic hydroxyl groups is 1. The number of ketones is 1. The predicted molar refractivity (Wildman–Crippen MR) is 278 cm³/mol. The standard InChI is InChI=1S/C12H13BrS.C12H12O2S.C11H13BrOS.C11H11BrOS.2CH4.B.Na.H/c1-7-4-5-14-12-8(2)6-10(13)9(3)11(7)12;1-7-6-10(12(13)14)8(2)9-4-3-5-15-11(7)9;2*1-6-5-8(12)7(2)10-9(13)3-4-14-11(6)10;;;;;/h4,6H,5H2,1-3H3;3-4,6H,5H2,1-2H3,(H,13,14);5,9,13H,3-4H2,1-2H3;5H,3-4H2,1-2H3;2*1H4;;;/q;;;;;;;+1;-1. The van der Waals surface area contributed by atoms with Crippen LogP contribution < -0.4 is 29.6 Å². The summed E-state index contributed by atoms with van der Waals surface area (Å²) in [7, 11) is 0. The number of aromatic carboxylic acids is 1. The molecule has 3 radical (unpaired) electrons. The van der Waals surface area contributed by atoms with Crippen LogP contribution in [0.1, 0.15) is 124 Å². The maximum absolute atomic E-state index is 11.8. The van der Waals surface area contributed by atoms with Crippen LogP contribution in [0, 0.1) is 55.4 Å². The van der Waals surface area contributed by atoms with Gasteiger partial charge >= 0.3 is 35.5 Å². The summed E-state index contributed by atoms with van der Waals surface area (Å²) in [5, 5.41) is 19.0. The minimum atomic E-state index is -0.845. The number of aliphatic hydroxyl groups excluding tert-OH is 1. The van der Waals surface area contributed by atoms with Crippen LogP contribution in [0.3, 0.4) is 0 Å². The van der Waals surface area contributed by atoms with Crippen LogP contribution in [0.4, 0.5) is 0 Å². The van der Waals surface area contributed by atoms with Crippen LogP contribution in [0.15, 0.2) is 69.4 Å². The van der Waals surface area contributed by atoms with E-state index in [4.69, 9.17) is 5.11 Å². The molecule has 1 unspecified atom stereocenters. The summed E-state index contributed by atoms with van der Waals surface area (Å²) < 4.78 is 3.38. The second kappa shape index (κ2) is 25.9. The molecule has 0 bridgehead atoms. The molecule has 4 heterocycles. The van der Waals surface area contributed by atoms with Gasteiger partial charge in [-0.25, -0.2) is 4.79 Å². The van der Waals surface area contributed by atoms with Crippen molar-refractivity contribution in [3.8, 4) is 0 Å². The molecular weight excluding hydrogens is 1040 g/mol. The number of Topliss-reactive ketones (excluding diaryl/α,β-unsaturated/α-hetero) is 1. The van der Waals surface area contributed by atoms with Crippen LogP contribution in [-0.4, -0.2) is 53.4 Å². The SMILES string of the molecule is C.C.CC1=CCSc2c(C)cc(Br)c(C)c21.Cc1cc(Br)c(C)c2c1SCCC2=O.Cc1cc(Br)c(C)c2c1SCCC2O.Cc1cc(C(=O)O)c(C)c2c1SCC=C2.[B].[H-].[Na+]. The van der Waals surface area contributed by atoms with Crippen molar-refractivity contribution in [2.45, 2.75) is 116 Å². The molecule has 4 nitrogen and oxygen atoms in total. The van der Waals surface area contributed by atoms with Gasteiger partial charge in [-0.3, -0.25) is 4.79 Å². The van der Waals surface area contributed by atoms with Crippen molar-refractivity contribution in [2.24, 2.45) is 0 Å². The average Bonchev–Trinajstić information content (AvgIpc) is 3.17. The number of fused-ring (bicyclic) bond motifs is 4. The van der Waals surface area contributed by atoms with Crippen molar-refractivity contribution < 1.29 is 50.8 Å². The van der Waals surface area contributed by atoms with E-state index in [9.17, 15) is 14.7 Å². The van der Waals surface area contributed by atoms with Crippen LogP contribution in [0.25, 0.3) is 11.6 Å². The summed E-state index contributed by atoms with van der Waals surface area (Å²) in [6.07, 6.45) is 7.68. The van der Waals surface area contributed by atoms with E-state index in [2.05, 4.69) is 120 Å². The number of thioether (sulfide) groups is 4. The third kappa shape index (κ3) is 13.5. The van der Waals surface area contributed by atoms with E-state index in [0.717, 1.165) is 71.8 Å². The molecule has 0 fully saturated rings. The molecule has 2 N–H and O–H groups in total. The Labute approximate surface area is 433 Å². The molecule has 4 aliphatic rings. The Kier molecular flexibility index (Phi) is 24.8. The zero-order chi connectivity index (χ0) is 41.9. The van der Waals surface area contributed by atoms with Crippen LogP contribution >= 0.6 is 94.8 Å². The molecular formula is C48H58BBr3NaO4S4. The Balaban J connectivity index is 0.000000780. The molecule has 0 aromatic heterocycles. The summed E-state index contributed by atoms with van der Waals surface area (Å²) in [5.74, 6) is 3.48. The van der Waals surface area contributed by atoms with E-state index in [-0.39, 0.29) is 60.4 Å². The average molecular weight is 1100 g/mol. The Hall–Kier alpha value is -0.635. The summed E-state index contributed by atoms with van der Waals surface area (Å²) in [6.45, 7) is 18.7. The molecule has 4 aromatic rings. The molecule has 4 aromatic carbocycles. The maximum Gasteiger partial charge on any atom is 1.00 e. The molecule has 4 aliphatic heterocycles. The monoisotopic (exact) mass is 1100 g/mol. The minimum Gasteiger partial charge on any atom is -1.00 e. The molecule has 61 heavy (non-hydrogen) atoms. The fourth-order valence-corrected chi connectivity index (χ4v) is 13.7. The summed E-state index contributed by atoms with van der Waals surface area (Å²) in [5.41, 5.74) is 15.8. The summed E-state index contributed by atoms with van der Waals surface area (Å²) in [6, 6.07) is 8.22. The molecule has 0 amide bonds. The molecule has 323 valence electrons. The van der Waals surface area contributed by atoms with Crippen molar-refractivity contribution in [3.05, 3.63) is 122 Å². The number of halogens is 3. The zero-order valence-corrected chi connectivity index (χ0v) is 45.4. The van der Waals surface area contributed by atoms with E-state index in [1.165, 1.54) is 63.0 Å². The second-order valence-corrected chi connectivity index (χ2v) is 21.4. The number of carboxylic acid groups (broad SMARTS) is 1. The topological polar surface area (TPSA) is 74.6 Å². The summed E-state index contributed by atoms with van der Waals surface area (Å²) >= 11 is 18.0. The van der Waals surface area contributed by atoms with Gasteiger partial charge < -0.3 is 11.6 Å². The Morgan fingerprint density at radius 2 is 1.16 bits per heavy atom. The number of hydrogen-bond donors (Lipinski definition) is 2. The third-order valence-corrected chi connectivity index (χ3v) is 17.8. The maximum atomic E-state index is 11.8. The first-order chi connectivity index (χ1) is 26.9. The number of allylic oxidation sites excluding steroid dienone is 1. The number of rotatable bonds is 1. The first-order valence-electron chi connectivity index (χ1n) is 18.8. The number of carboxylic acids is 1. The normalized spacial score (nSPS) is 15.1. The quantitative estimate of drug-likeness (QED) is 0.183. The molecule has 0 saturated heterocycles. The van der Waals surface area contributed by atoms with E-state index in [0.29, 0.717) is 17.8 Å². The fourth-order valence-electron chi connectivity index (χ4n) is 7.32. The van der Waals surface area contributed by atoms with Gasteiger partial charge in [-0.1, -0.05) is 80.9 Å². The Morgan fingerprint density at radius 1 is 0.672 bits per heavy atom. The van der Waals surface area contributed by atoms with Crippen molar-refractivity contribution >= 4 is 127 Å². The van der Waals surface area contributed by atoms with Crippen molar-refractivity contribution in [1.29, 1.82) is 0 Å². The van der Waals surface area contributed by atoms with Crippen LogP contribution in [-0.2, 0) is 0 Å². The van der Waals surface area contributed by atoms with Gasteiger partial charge in [0, 0.05) is 76.4 Å². The van der Waals surface area contributed by atoms with E-state index < -0.39 is 5.97 Å². The number of hydrogen-bond acceptors (Lipinski definition) is 7. The van der Waals surface area contributed by atoms with Gasteiger partial charge in [0.05, 0.1) is 11.7 Å². The van der Waals surface area contributed by atoms with Crippen molar-refractivity contribution in [3.63, 3.8) is 0 Å². The molecule has 13 heteroatoms. The van der Waals surface area contributed by atoms with Crippen molar-refractivity contribution in [2.75, 3.05) is 23.0 Å². The number of carbonyl (C=O) groups excluding carboxylic acids is 1. The van der Waals surface area contributed by atoms with Gasteiger partial charge in [-0.05, 0) is 160 Å². The minimum absolute atomic E-state index is 0. The Morgan fingerprint density at radius 3 is 1.75 bits per heavy atom. The zero-order valence-electron chi connectivity index (χ0n) is 36.4. The van der Waals surface area contributed by atoms with Gasteiger partial charge in [0.25, 0.3) is 0 Å². The van der Waals surface area contributed by atoms with E-state index >= 15 is 0 Å². The van der Waals surface area contributed by atoms with Gasteiger partial charge in [0.1, 0.15) is 0 Å². The number of aryl methyl sites for hydroxylation is 4. The molecule has 8 rings (SSSR count). The molecule has 0 spiro atoms. The van der Waals surface area contributed by atoms with E-state index in [1.54, 1.807) is 29.6 Å². The van der Waals surface area contributed by atoms with Gasteiger partial charge in [-0.2, -0.15) is 0 Å². The third-order valence-electron chi connectivity index (χ3n) is 10.5. The molecule has 1 atom stereocenters. The van der Waals surface area contributed by atoms with Crippen molar-refractivity contribution in [1.82, 2.24) is 0 Å². The van der Waals surface area contributed by atoms with Crippen LogP contribution in [0.5, 0.6) is 0 Å². The van der Waals surface area contributed by atoms with Gasteiger partial charge in [0.15, 0.2) is 5.78 Å². The molecule has 0 saturated carbocycles. The van der Waals surface area contributed by atoms with Crippen LogP contribution in [0.2, 0.25) is 0 Å². The first-order valence-corrected chi connectivity index (χ1v) is 25.1. The first kappa shape index (κ1) is 58.4. The summed E-state index contributed by atoms with van der Waals surface area (Å²) in [4.78, 5) is 28.0. The smallest absolute Gasteiger partial charge is 1.00 e.